The number of halogens is 1. The molecule has 0 bridgehead atoms. The third kappa shape index (κ3) is 5.57. The minimum absolute atomic E-state index is 0.0144. The third-order valence-electron chi connectivity index (χ3n) is 5.54. The lowest BCUT2D eigenvalue weighted by atomic mass is 9.94. The van der Waals surface area contributed by atoms with E-state index in [-0.39, 0.29) is 17.4 Å². The number of hydrogen-bond acceptors (Lipinski definition) is 5. The zero-order chi connectivity index (χ0) is 24.3. The Hall–Kier alpha value is -2.83. The van der Waals surface area contributed by atoms with Crippen LogP contribution in [0.4, 0.5) is 0 Å². The Balaban J connectivity index is 2.07. The molecule has 1 saturated heterocycles. The lowest BCUT2D eigenvalue weighted by molar-refractivity contribution is -0.139. The Kier molecular flexibility index (Phi) is 7.82. The van der Waals surface area contributed by atoms with Crippen LogP contribution in [0.25, 0.3) is 5.76 Å². The highest BCUT2D eigenvalue weighted by atomic mass is 35.5. The highest BCUT2D eigenvalue weighted by Crippen LogP contribution is 2.40. The fourth-order valence-corrected chi connectivity index (χ4v) is 4.12. The van der Waals surface area contributed by atoms with Gasteiger partial charge < -0.3 is 19.6 Å². The maximum absolute atomic E-state index is 13.1. The van der Waals surface area contributed by atoms with E-state index < -0.39 is 17.7 Å². The van der Waals surface area contributed by atoms with Crippen molar-refractivity contribution in [3.8, 4) is 5.75 Å². The van der Waals surface area contributed by atoms with Crippen molar-refractivity contribution in [2.75, 3.05) is 27.2 Å². The standard InChI is InChI=1S/C26H31ClN2O4/c1-16(2)33-21-12-9-19(15-17(21)3)24(30)22-23(18-7-10-20(27)11-8-18)29(26(32)25(22)31)14-6-13-28(4)5/h7-12,15-16,23,30H,6,13-14H2,1-5H3/b24-22-. The van der Waals surface area contributed by atoms with Gasteiger partial charge in [-0.3, -0.25) is 9.59 Å². The van der Waals surface area contributed by atoms with Crippen molar-refractivity contribution >= 4 is 29.1 Å². The van der Waals surface area contributed by atoms with E-state index in [0.29, 0.717) is 29.3 Å². The minimum Gasteiger partial charge on any atom is -0.507 e. The molecule has 176 valence electrons. The van der Waals surface area contributed by atoms with E-state index in [1.165, 1.54) is 0 Å². The highest BCUT2D eigenvalue weighted by molar-refractivity contribution is 6.46. The van der Waals surface area contributed by atoms with Crippen LogP contribution in [-0.2, 0) is 9.59 Å². The van der Waals surface area contributed by atoms with Gasteiger partial charge in [-0.25, -0.2) is 0 Å². The second-order valence-electron chi connectivity index (χ2n) is 8.85. The summed E-state index contributed by atoms with van der Waals surface area (Å²) in [6.45, 7) is 6.93. The number of likely N-dealkylation sites (tertiary alicyclic amines) is 1. The third-order valence-corrected chi connectivity index (χ3v) is 5.79. The molecule has 33 heavy (non-hydrogen) atoms. The van der Waals surface area contributed by atoms with Crippen molar-refractivity contribution in [3.63, 3.8) is 0 Å². The van der Waals surface area contributed by atoms with E-state index in [4.69, 9.17) is 16.3 Å². The fourth-order valence-electron chi connectivity index (χ4n) is 4.00. The van der Waals surface area contributed by atoms with Crippen LogP contribution in [0.15, 0.2) is 48.0 Å². The zero-order valence-electron chi connectivity index (χ0n) is 19.8. The van der Waals surface area contributed by atoms with Crippen molar-refractivity contribution in [2.24, 2.45) is 0 Å². The molecule has 1 atom stereocenters. The molecular formula is C26H31ClN2O4. The van der Waals surface area contributed by atoms with Crippen LogP contribution in [0, 0.1) is 6.92 Å². The van der Waals surface area contributed by atoms with Crippen LogP contribution >= 0.6 is 11.6 Å². The Morgan fingerprint density at radius 3 is 2.39 bits per heavy atom. The number of ether oxygens (including phenoxy) is 1. The number of amides is 1. The van der Waals surface area contributed by atoms with E-state index in [2.05, 4.69) is 0 Å². The number of aryl methyl sites for hydroxylation is 1. The molecule has 6 nitrogen and oxygen atoms in total. The number of ketones is 1. The summed E-state index contributed by atoms with van der Waals surface area (Å²) in [7, 11) is 3.92. The SMILES string of the molecule is Cc1cc(/C(O)=C2/C(=O)C(=O)N(CCCN(C)C)C2c2ccc(Cl)cc2)ccc1OC(C)C. The molecule has 1 aliphatic heterocycles. The van der Waals surface area contributed by atoms with Gasteiger partial charge in [0, 0.05) is 17.1 Å². The number of Topliss-reactive ketones (excluding diaryl/α,β-unsaturated/α-hetero) is 1. The van der Waals surface area contributed by atoms with E-state index in [1.807, 2.05) is 39.8 Å². The number of carbonyl (C=O) groups is 2. The highest BCUT2D eigenvalue weighted by Gasteiger charge is 2.45. The van der Waals surface area contributed by atoms with E-state index in [1.54, 1.807) is 47.4 Å². The van der Waals surface area contributed by atoms with Gasteiger partial charge in [0.1, 0.15) is 11.5 Å². The lowest BCUT2D eigenvalue weighted by Crippen LogP contribution is -2.32. The maximum Gasteiger partial charge on any atom is 0.295 e. The number of benzene rings is 2. The van der Waals surface area contributed by atoms with Gasteiger partial charge in [0.2, 0.25) is 0 Å². The summed E-state index contributed by atoms with van der Waals surface area (Å²) >= 11 is 6.07. The van der Waals surface area contributed by atoms with Crippen LogP contribution in [0.1, 0.15) is 43.0 Å². The summed E-state index contributed by atoms with van der Waals surface area (Å²) < 4.78 is 5.78. The monoisotopic (exact) mass is 470 g/mol. The molecule has 1 N–H and O–H groups in total. The molecule has 2 aromatic carbocycles. The molecule has 0 spiro atoms. The normalized spacial score (nSPS) is 17.9. The number of rotatable bonds is 8. The molecule has 0 aliphatic carbocycles. The Morgan fingerprint density at radius 2 is 1.82 bits per heavy atom. The molecular weight excluding hydrogens is 440 g/mol. The average molecular weight is 471 g/mol. The van der Waals surface area contributed by atoms with Crippen molar-refractivity contribution in [1.29, 1.82) is 0 Å². The topological polar surface area (TPSA) is 70.1 Å². The Bertz CT molecular complexity index is 1060. The predicted molar refractivity (Wildman–Crippen MR) is 131 cm³/mol. The molecule has 0 radical (unpaired) electrons. The molecule has 0 saturated carbocycles. The molecule has 7 heteroatoms. The van der Waals surface area contributed by atoms with Gasteiger partial charge in [0.25, 0.3) is 11.7 Å². The van der Waals surface area contributed by atoms with Gasteiger partial charge >= 0.3 is 0 Å². The first-order valence-electron chi connectivity index (χ1n) is 11.1. The fraction of sp³-hybridized carbons (Fsp3) is 0.385. The van der Waals surface area contributed by atoms with Crippen LogP contribution in [0.5, 0.6) is 5.75 Å². The zero-order valence-corrected chi connectivity index (χ0v) is 20.5. The minimum atomic E-state index is -0.684. The van der Waals surface area contributed by atoms with Crippen LogP contribution < -0.4 is 4.74 Å². The van der Waals surface area contributed by atoms with Gasteiger partial charge in [-0.05, 0) is 89.3 Å². The Morgan fingerprint density at radius 1 is 1.15 bits per heavy atom. The summed E-state index contributed by atoms with van der Waals surface area (Å²) in [6.07, 6.45) is 0.713. The largest absolute Gasteiger partial charge is 0.507 e. The van der Waals surface area contributed by atoms with Crippen molar-refractivity contribution < 1.29 is 19.4 Å². The molecule has 1 amide bonds. The quantitative estimate of drug-likeness (QED) is 0.340. The molecule has 1 unspecified atom stereocenters. The summed E-state index contributed by atoms with van der Waals surface area (Å²) in [4.78, 5) is 29.7. The number of hydrogen-bond donors (Lipinski definition) is 1. The van der Waals surface area contributed by atoms with Gasteiger partial charge in [-0.1, -0.05) is 23.7 Å². The van der Waals surface area contributed by atoms with Crippen LogP contribution in [0.2, 0.25) is 5.02 Å². The molecule has 3 rings (SSSR count). The molecule has 0 aromatic heterocycles. The molecule has 1 aliphatic rings. The average Bonchev–Trinajstić information content (AvgIpc) is 2.99. The van der Waals surface area contributed by atoms with Crippen molar-refractivity contribution in [2.45, 2.75) is 39.3 Å². The van der Waals surface area contributed by atoms with E-state index in [9.17, 15) is 14.7 Å². The summed E-state index contributed by atoms with van der Waals surface area (Å²) in [5.74, 6) is -0.772. The first-order chi connectivity index (χ1) is 15.6. The number of aliphatic hydroxyl groups excluding tert-OH is 1. The van der Waals surface area contributed by atoms with E-state index >= 15 is 0 Å². The van der Waals surface area contributed by atoms with E-state index in [0.717, 1.165) is 17.7 Å². The second kappa shape index (κ2) is 10.4. The van der Waals surface area contributed by atoms with Gasteiger partial charge in [-0.15, -0.1) is 0 Å². The maximum atomic E-state index is 13.1. The first kappa shape index (κ1) is 24.8. The van der Waals surface area contributed by atoms with Gasteiger partial charge in [0.15, 0.2) is 0 Å². The summed E-state index contributed by atoms with van der Waals surface area (Å²) in [5.41, 5.74) is 2.11. The molecule has 1 heterocycles. The summed E-state index contributed by atoms with van der Waals surface area (Å²) in [6, 6.07) is 11.6. The first-order valence-corrected chi connectivity index (χ1v) is 11.4. The number of nitrogens with zero attached hydrogens (tertiary/aromatic N) is 2. The summed E-state index contributed by atoms with van der Waals surface area (Å²) in [5, 5.41) is 11.8. The number of aliphatic hydroxyl groups is 1. The Labute approximate surface area is 200 Å². The van der Waals surface area contributed by atoms with Crippen molar-refractivity contribution in [3.05, 3.63) is 69.8 Å². The number of carbonyl (C=O) groups excluding carboxylic acids is 2. The van der Waals surface area contributed by atoms with Gasteiger partial charge in [0.05, 0.1) is 17.7 Å². The van der Waals surface area contributed by atoms with Crippen molar-refractivity contribution in [1.82, 2.24) is 9.80 Å². The second-order valence-corrected chi connectivity index (χ2v) is 9.28. The molecule has 1 fully saturated rings. The van der Waals surface area contributed by atoms with Crippen LogP contribution in [-0.4, -0.2) is 59.9 Å². The predicted octanol–water partition coefficient (Wildman–Crippen LogP) is 4.81. The lowest BCUT2D eigenvalue weighted by Gasteiger charge is -2.26. The van der Waals surface area contributed by atoms with Crippen LogP contribution in [0.3, 0.4) is 0 Å². The smallest absolute Gasteiger partial charge is 0.295 e. The van der Waals surface area contributed by atoms with Gasteiger partial charge in [-0.2, -0.15) is 0 Å². The molecule has 2 aromatic rings.